The Labute approximate surface area is 103 Å². The van der Waals surface area contributed by atoms with Crippen LogP contribution < -0.4 is 5.32 Å². The van der Waals surface area contributed by atoms with Crippen molar-refractivity contribution in [3.8, 4) is 0 Å². The molecule has 1 aliphatic rings. The second-order valence-electron chi connectivity index (χ2n) is 3.63. The summed E-state index contributed by atoms with van der Waals surface area (Å²) < 4.78 is 18.2. The Balaban J connectivity index is 2.24. The van der Waals surface area contributed by atoms with Gasteiger partial charge in [-0.2, -0.15) is 0 Å². The van der Waals surface area contributed by atoms with Gasteiger partial charge in [0.2, 0.25) is 0 Å². The second-order valence-corrected chi connectivity index (χ2v) is 4.04. The predicted octanol–water partition coefficient (Wildman–Crippen LogP) is 2.89. The van der Waals surface area contributed by atoms with E-state index in [-0.39, 0.29) is 11.0 Å². The first-order chi connectivity index (χ1) is 8.11. The monoisotopic (exact) mass is 255 g/mol. The molecular weight excluding hydrogens is 245 g/mol. The minimum atomic E-state index is -0.489. The third kappa shape index (κ3) is 2.42. The largest absolute Gasteiger partial charge is 0.463 e. The molecule has 0 amide bonds. The summed E-state index contributed by atoms with van der Waals surface area (Å²) in [6.45, 7) is 2.06. The Morgan fingerprint density at radius 1 is 1.59 bits per heavy atom. The van der Waals surface area contributed by atoms with E-state index in [9.17, 15) is 9.18 Å². The Hall–Kier alpha value is -1.55. The zero-order valence-corrected chi connectivity index (χ0v) is 9.97. The van der Waals surface area contributed by atoms with Gasteiger partial charge in [0.25, 0.3) is 0 Å². The van der Waals surface area contributed by atoms with Crippen LogP contribution in [0.4, 0.5) is 10.1 Å². The molecule has 0 atom stereocenters. The molecule has 0 saturated carbocycles. The minimum Gasteiger partial charge on any atom is -0.463 e. The number of anilines is 1. The smallest absolute Gasteiger partial charge is 0.335 e. The van der Waals surface area contributed by atoms with E-state index < -0.39 is 5.82 Å². The Bertz CT molecular complexity index is 500. The lowest BCUT2D eigenvalue weighted by Gasteiger charge is -2.17. The Morgan fingerprint density at radius 2 is 2.35 bits per heavy atom. The van der Waals surface area contributed by atoms with Gasteiger partial charge in [0.05, 0.1) is 17.2 Å². The summed E-state index contributed by atoms with van der Waals surface area (Å²) in [7, 11) is 0. The van der Waals surface area contributed by atoms with Crippen LogP contribution in [-0.2, 0) is 16.0 Å². The first-order valence-corrected chi connectivity index (χ1v) is 5.60. The lowest BCUT2D eigenvalue weighted by Crippen LogP contribution is -2.15. The lowest BCUT2D eigenvalue weighted by molar-refractivity contribution is -0.138. The highest BCUT2D eigenvalue weighted by atomic mass is 35.5. The van der Waals surface area contributed by atoms with Crippen molar-refractivity contribution in [2.45, 2.75) is 13.3 Å². The Morgan fingerprint density at radius 3 is 3.06 bits per heavy atom. The van der Waals surface area contributed by atoms with Crippen molar-refractivity contribution in [2.75, 3.05) is 11.9 Å². The van der Waals surface area contributed by atoms with Gasteiger partial charge in [-0.15, -0.1) is 0 Å². The van der Waals surface area contributed by atoms with E-state index in [1.807, 2.05) is 0 Å². The summed E-state index contributed by atoms with van der Waals surface area (Å²) in [5, 5.41) is 2.97. The molecule has 1 aromatic carbocycles. The summed E-state index contributed by atoms with van der Waals surface area (Å²) >= 11 is 5.67. The highest BCUT2D eigenvalue weighted by Gasteiger charge is 2.19. The number of hydrogen-bond donors (Lipinski definition) is 1. The van der Waals surface area contributed by atoms with Crippen molar-refractivity contribution in [2.24, 2.45) is 0 Å². The van der Waals surface area contributed by atoms with Crippen molar-refractivity contribution in [3.05, 3.63) is 40.3 Å². The quantitative estimate of drug-likeness (QED) is 0.826. The van der Waals surface area contributed by atoms with Gasteiger partial charge in [-0.3, -0.25) is 0 Å². The number of nitrogens with one attached hydrogen (secondary N) is 1. The van der Waals surface area contributed by atoms with Crippen LogP contribution in [0.15, 0.2) is 23.9 Å². The summed E-state index contributed by atoms with van der Waals surface area (Å²) in [6, 6.07) is 2.83. The van der Waals surface area contributed by atoms with Gasteiger partial charge in [-0.05, 0) is 24.6 Å². The number of halogens is 2. The first kappa shape index (κ1) is 11.9. The van der Waals surface area contributed by atoms with E-state index >= 15 is 0 Å². The van der Waals surface area contributed by atoms with Crippen LogP contribution >= 0.6 is 11.6 Å². The van der Waals surface area contributed by atoms with Crippen LogP contribution in [0.1, 0.15) is 12.5 Å². The maximum atomic E-state index is 13.3. The summed E-state index contributed by atoms with van der Waals surface area (Å²) in [6.07, 6.45) is 1.91. The first-order valence-electron chi connectivity index (χ1n) is 5.22. The van der Waals surface area contributed by atoms with Crippen LogP contribution in [0.25, 0.3) is 0 Å². The third-order valence-electron chi connectivity index (χ3n) is 2.47. The average Bonchev–Trinajstić information content (AvgIpc) is 2.30. The summed E-state index contributed by atoms with van der Waals surface area (Å²) in [5.41, 5.74) is 1.88. The number of benzene rings is 1. The molecule has 0 saturated heterocycles. The molecule has 5 heteroatoms. The topological polar surface area (TPSA) is 38.3 Å². The zero-order valence-electron chi connectivity index (χ0n) is 9.22. The van der Waals surface area contributed by atoms with Crippen molar-refractivity contribution < 1.29 is 13.9 Å². The van der Waals surface area contributed by atoms with Gasteiger partial charge < -0.3 is 10.1 Å². The lowest BCUT2D eigenvalue weighted by atomic mass is 10.0. The number of rotatable bonds is 2. The van der Waals surface area contributed by atoms with Crippen molar-refractivity contribution in [1.82, 2.24) is 0 Å². The molecule has 0 fully saturated rings. The molecule has 17 heavy (non-hydrogen) atoms. The van der Waals surface area contributed by atoms with Crippen molar-refractivity contribution in [3.63, 3.8) is 0 Å². The SMILES string of the molecule is CCOC(=O)C1=CNc2cc(Cl)c(F)cc2C1. The molecule has 1 heterocycles. The van der Waals surface area contributed by atoms with Gasteiger partial charge in [0.1, 0.15) is 5.82 Å². The number of esters is 1. The van der Waals surface area contributed by atoms with Crippen LogP contribution in [0, 0.1) is 5.82 Å². The Kier molecular flexibility index (Phi) is 3.33. The van der Waals surface area contributed by atoms with E-state index in [2.05, 4.69) is 5.32 Å². The van der Waals surface area contributed by atoms with Gasteiger partial charge in [0.15, 0.2) is 0 Å². The summed E-state index contributed by atoms with van der Waals surface area (Å²) in [5.74, 6) is -0.877. The molecule has 0 bridgehead atoms. The van der Waals surface area contributed by atoms with E-state index in [4.69, 9.17) is 16.3 Å². The highest BCUT2D eigenvalue weighted by Crippen LogP contribution is 2.29. The van der Waals surface area contributed by atoms with E-state index in [1.54, 1.807) is 13.1 Å². The third-order valence-corrected chi connectivity index (χ3v) is 2.76. The highest BCUT2D eigenvalue weighted by molar-refractivity contribution is 6.31. The fourth-order valence-electron chi connectivity index (χ4n) is 1.64. The average molecular weight is 256 g/mol. The van der Waals surface area contributed by atoms with Crippen LogP contribution in [-0.4, -0.2) is 12.6 Å². The second kappa shape index (κ2) is 4.75. The molecule has 1 aliphatic heterocycles. The number of carbonyl (C=O) groups is 1. The molecule has 1 N–H and O–H groups in total. The van der Waals surface area contributed by atoms with E-state index in [0.29, 0.717) is 29.9 Å². The van der Waals surface area contributed by atoms with Crippen molar-refractivity contribution >= 4 is 23.3 Å². The fraction of sp³-hybridized carbons (Fsp3) is 0.250. The number of hydrogen-bond acceptors (Lipinski definition) is 3. The van der Waals surface area contributed by atoms with Crippen molar-refractivity contribution in [1.29, 1.82) is 0 Å². The van der Waals surface area contributed by atoms with Gasteiger partial charge in [-0.1, -0.05) is 11.6 Å². The van der Waals surface area contributed by atoms with Gasteiger partial charge >= 0.3 is 5.97 Å². The molecule has 0 unspecified atom stereocenters. The number of carbonyl (C=O) groups excluding carboxylic acids is 1. The molecule has 0 aliphatic carbocycles. The molecule has 2 rings (SSSR count). The van der Waals surface area contributed by atoms with Crippen LogP contribution in [0.3, 0.4) is 0 Å². The maximum Gasteiger partial charge on any atom is 0.335 e. The molecule has 0 aromatic heterocycles. The van der Waals surface area contributed by atoms with Gasteiger partial charge in [0, 0.05) is 18.3 Å². The minimum absolute atomic E-state index is 0.0595. The predicted molar refractivity (Wildman–Crippen MR) is 63.5 cm³/mol. The molecular formula is C12H11ClFNO2. The standard InChI is InChI=1S/C12H11ClFNO2/c1-2-17-12(16)8-3-7-4-10(14)9(13)5-11(7)15-6-8/h4-6,15H,2-3H2,1H3. The van der Waals surface area contributed by atoms with Crippen LogP contribution in [0.5, 0.6) is 0 Å². The fourth-order valence-corrected chi connectivity index (χ4v) is 1.81. The van der Waals surface area contributed by atoms with Crippen LogP contribution in [0.2, 0.25) is 5.02 Å². The molecule has 3 nitrogen and oxygen atoms in total. The molecule has 90 valence electrons. The van der Waals surface area contributed by atoms with E-state index in [0.717, 1.165) is 0 Å². The van der Waals surface area contributed by atoms with E-state index in [1.165, 1.54) is 12.1 Å². The number of fused-ring (bicyclic) bond motifs is 1. The number of ether oxygens (including phenoxy) is 1. The summed E-state index contributed by atoms with van der Waals surface area (Å²) in [4.78, 5) is 11.5. The maximum absolute atomic E-state index is 13.3. The molecule has 1 aromatic rings. The zero-order chi connectivity index (χ0) is 12.4. The molecule has 0 radical (unpaired) electrons. The normalized spacial score (nSPS) is 13.5. The van der Waals surface area contributed by atoms with Gasteiger partial charge in [-0.25, -0.2) is 9.18 Å². The molecule has 0 spiro atoms.